The second-order valence-corrected chi connectivity index (χ2v) is 4.20. The molecule has 4 heteroatoms. The van der Waals surface area contributed by atoms with E-state index in [9.17, 15) is 0 Å². The summed E-state index contributed by atoms with van der Waals surface area (Å²) in [6.07, 6.45) is 15.4. The van der Waals surface area contributed by atoms with Crippen LogP contribution in [0.4, 0.5) is 0 Å². The van der Waals surface area contributed by atoms with Gasteiger partial charge in [-0.3, -0.25) is 12.2 Å². The average molecular weight is 439 g/mol. The third-order valence-electron chi connectivity index (χ3n) is 3.11. The molecule has 0 heterocycles. The van der Waals surface area contributed by atoms with Gasteiger partial charge in [0.2, 0.25) is 0 Å². The van der Waals surface area contributed by atoms with Gasteiger partial charge in [-0.05, 0) is 0 Å². The first kappa shape index (κ1) is 34.1. The van der Waals surface area contributed by atoms with Crippen LogP contribution in [-0.2, 0) is 23.3 Å². The van der Waals surface area contributed by atoms with E-state index in [1.54, 1.807) is 23.3 Å². The Kier molecular flexibility index (Phi) is 33.5. The van der Waals surface area contributed by atoms with Gasteiger partial charge in [0.1, 0.15) is 0 Å². The van der Waals surface area contributed by atoms with Gasteiger partial charge in [-0.1, -0.05) is 26.7 Å². The molecule has 0 aromatic rings. The fourth-order valence-electron chi connectivity index (χ4n) is 1.99. The van der Waals surface area contributed by atoms with Crippen LogP contribution in [0.15, 0.2) is 34.4 Å². The quantitative estimate of drug-likeness (QED) is 0.379. The molecular formula is C18H32Cl2SiZr-4. The summed E-state index contributed by atoms with van der Waals surface area (Å²) in [6.45, 7) is 10.6. The number of rotatable bonds is 2. The van der Waals surface area contributed by atoms with Gasteiger partial charge in [0, 0.05) is 0 Å². The van der Waals surface area contributed by atoms with Crippen molar-refractivity contribution in [3.8, 4) is 0 Å². The molecule has 0 spiro atoms. The van der Waals surface area contributed by atoms with Gasteiger partial charge in [-0.15, -0.1) is 51.5 Å². The van der Waals surface area contributed by atoms with E-state index in [0.29, 0.717) is 0 Å². The van der Waals surface area contributed by atoms with Crippen molar-refractivity contribution in [1.29, 1.82) is 0 Å². The summed E-state index contributed by atoms with van der Waals surface area (Å²) in [5.41, 5.74) is 5.66. The van der Waals surface area contributed by atoms with E-state index >= 15 is 0 Å². The second-order valence-electron chi connectivity index (χ2n) is 4.20. The molecule has 2 aliphatic carbocycles. The molecule has 0 unspecified atom stereocenters. The van der Waals surface area contributed by atoms with Crippen molar-refractivity contribution in [2.75, 3.05) is 0 Å². The zero-order chi connectivity index (χ0) is 14.0. The summed E-state index contributed by atoms with van der Waals surface area (Å²) in [7, 11) is 0. The van der Waals surface area contributed by atoms with Crippen molar-refractivity contribution in [2.45, 2.75) is 53.4 Å². The Labute approximate surface area is 169 Å². The number of hydrogen-bond donors (Lipinski definition) is 0. The third kappa shape index (κ3) is 13.1. The molecule has 0 radical (unpaired) electrons. The van der Waals surface area contributed by atoms with Gasteiger partial charge in [0.15, 0.2) is 0 Å². The van der Waals surface area contributed by atoms with E-state index in [1.165, 1.54) is 22.3 Å². The van der Waals surface area contributed by atoms with Gasteiger partial charge in [0.25, 0.3) is 0 Å². The Morgan fingerprint density at radius 3 is 1.23 bits per heavy atom. The molecule has 2 rings (SSSR count). The van der Waals surface area contributed by atoms with Gasteiger partial charge >= 0.3 is 30.2 Å². The first-order valence-corrected chi connectivity index (χ1v) is 12.5. The van der Waals surface area contributed by atoms with E-state index in [-0.39, 0.29) is 39.7 Å². The van der Waals surface area contributed by atoms with Crippen molar-refractivity contribution in [3.63, 3.8) is 0 Å². The van der Waals surface area contributed by atoms with Crippen LogP contribution in [0.1, 0.15) is 53.4 Å². The number of halogens is 2. The van der Waals surface area contributed by atoms with Crippen molar-refractivity contribution in [1.82, 2.24) is 0 Å². The average Bonchev–Trinajstić information content (AvgIpc) is 3.00. The molecule has 22 heavy (non-hydrogen) atoms. The summed E-state index contributed by atoms with van der Waals surface area (Å²) in [6, 6.07) is 0. The monoisotopic (exact) mass is 436 g/mol. The summed E-state index contributed by atoms with van der Waals surface area (Å²) in [5.74, 6) is 0. The molecule has 0 nitrogen and oxygen atoms in total. The predicted molar refractivity (Wildman–Crippen MR) is 107 cm³/mol. The van der Waals surface area contributed by atoms with Crippen molar-refractivity contribution >= 4 is 31.7 Å². The molecule has 0 atom stereocenters. The first-order valence-electron chi connectivity index (χ1n) is 6.58. The van der Waals surface area contributed by atoms with Crippen LogP contribution in [0.25, 0.3) is 0 Å². The third-order valence-corrected chi connectivity index (χ3v) is 3.11. The Hall–Kier alpha value is 0.640. The second kappa shape index (κ2) is 21.6. The molecule has 0 fully saturated rings. The van der Waals surface area contributed by atoms with E-state index in [1.807, 2.05) is 6.88 Å². The molecule has 130 valence electrons. The number of hydrogen-bond acceptors (Lipinski definition) is 0. The van der Waals surface area contributed by atoms with Crippen LogP contribution in [-0.4, -0.2) is 6.88 Å². The Morgan fingerprint density at radius 1 is 0.864 bits per heavy atom. The Bertz CT molecular complexity index is 347. The summed E-state index contributed by atoms with van der Waals surface area (Å²) in [4.78, 5) is 0. The first-order chi connectivity index (χ1) is 8.69. The van der Waals surface area contributed by atoms with Crippen LogP contribution in [0.2, 0.25) is 0 Å². The standard InChI is InChI=1S/2C8H11.2CH3.2ClH.H2Si.Zr/c2*1-3-8-6-4-5-7(8)2;;;;;;/h2*5H,3-4H2,1-2H3;2*1H3;2*1H;1H2;/q4*-1;;;;. The molecule has 0 bridgehead atoms. The predicted octanol–water partition coefficient (Wildman–Crippen LogP) is 5.78. The zero-order valence-corrected chi connectivity index (χ0v) is 20.5. The van der Waals surface area contributed by atoms with Gasteiger partial charge in [-0.2, -0.15) is 12.2 Å². The normalized spacial score (nSPS) is 13.4. The SMILES string of the molecule is CCC1=[C-]CC=C1C.CCC1=[C-]CC=C1C.Cl.Cl.[CH3-].[CH3-].[SiH2]=[Zr]. The van der Waals surface area contributed by atoms with E-state index in [0.717, 1.165) is 25.7 Å². The van der Waals surface area contributed by atoms with Gasteiger partial charge in [0.05, 0.1) is 0 Å². The summed E-state index contributed by atoms with van der Waals surface area (Å²) in [5, 5.41) is 0. The van der Waals surface area contributed by atoms with Gasteiger partial charge in [-0.25, -0.2) is 22.3 Å². The van der Waals surface area contributed by atoms with E-state index in [4.69, 9.17) is 0 Å². The van der Waals surface area contributed by atoms with Crippen LogP contribution in [0.5, 0.6) is 0 Å². The molecule has 0 amide bonds. The molecular weight excluding hydrogens is 406 g/mol. The fraction of sp³-hybridized carbons (Fsp3) is 0.444. The topological polar surface area (TPSA) is 0 Å². The molecule has 0 aromatic carbocycles. The fourth-order valence-corrected chi connectivity index (χ4v) is 1.99. The van der Waals surface area contributed by atoms with Gasteiger partial charge < -0.3 is 14.9 Å². The van der Waals surface area contributed by atoms with E-state index < -0.39 is 0 Å². The minimum atomic E-state index is 0. The number of allylic oxidation sites excluding steroid dienone is 8. The zero-order valence-electron chi connectivity index (χ0n) is 15.0. The van der Waals surface area contributed by atoms with Crippen molar-refractivity contribution in [2.24, 2.45) is 0 Å². The van der Waals surface area contributed by atoms with Crippen LogP contribution in [0, 0.1) is 27.0 Å². The molecule has 0 aliphatic heterocycles. The summed E-state index contributed by atoms with van der Waals surface area (Å²) < 4.78 is 0. The van der Waals surface area contributed by atoms with Crippen LogP contribution < -0.4 is 0 Å². The maximum absolute atomic E-state index is 3.28. The maximum atomic E-state index is 3.28. The Balaban J connectivity index is -0.0000000676. The molecule has 0 N–H and O–H groups in total. The molecule has 0 saturated heterocycles. The van der Waals surface area contributed by atoms with E-state index in [2.05, 4.69) is 52.0 Å². The van der Waals surface area contributed by atoms with Crippen molar-refractivity contribution in [3.05, 3.63) is 61.4 Å². The molecule has 2 aliphatic rings. The summed E-state index contributed by atoms with van der Waals surface area (Å²) >= 11 is 1.58. The minimum absolute atomic E-state index is 0. The Morgan fingerprint density at radius 2 is 1.14 bits per heavy atom. The van der Waals surface area contributed by atoms with Crippen LogP contribution in [0.3, 0.4) is 0 Å². The molecule has 0 aromatic heterocycles. The molecule has 0 saturated carbocycles. The van der Waals surface area contributed by atoms with Crippen LogP contribution >= 0.6 is 24.8 Å². The van der Waals surface area contributed by atoms with Crippen molar-refractivity contribution < 1.29 is 23.3 Å².